The van der Waals surface area contributed by atoms with Gasteiger partial charge in [-0.3, -0.25) is 4.79 Å². The van der Waals surface area contributed by atoms with Gasteiger partial charge in [0.05, 0.1) is 16.5 Å². The molecule has 1 aromatic heterocycles. The van der Waals surface area contributed by atoms with E-state index in [1.54, 1.807) is 11.3 Å². The van der Waals surface area contributed by atoms with Crippen molar-refractivity contribution in [2.75, 3.05) is 18.4 Å². The largest absolute Gasteiger partial charge is 0.367 e. The summed E-state index contributed by atoms with van der Waals surface area (Å²) in [7, 11) is 0. The van der Waals surface area contributed by atoms with Crippen LogP contribution in [0.15, 0.2) is 30.5 Å². The number of hydrogen-bond acceptors (Lipinski definition) is 7. The van der Waals surface area contributed by atoms with Gasteiger partial charge in [-0.15, -0.1) is 5.06 Å². The number of nitrogens with one attached hydrogen (secondary N) is 1. The zero-order chi connectivity index (χ0) is 20.3. The van der Waals surface area contributed by atoms with E-state index in [0.717, 1.165) is 23.5 Å². The maximum atomic E-state index is 12.7. The molecule has 0 unspecified atom stereocenters. The summed E-state index contributed by atoms with van der Waals surface area (Å²) in [4.78, 5) is 35.1. The fourth-order valence-electron chi connectivity index (χ4n) is 2.93. The first-order valence-corrected chi connectivity index (χ1v) is 10.4. The van der Waals surface area contributed by atoms with Crippen LogP contribution in [0, 0.1) is 12.3 Å². The molecule has 0 bridgehead atoms. The molecule has 0 radical (unpaired) electrons. The number of hydroxylamine groups is 2. The first kappa shape index (κ1) is 20.5. The summed E-state index contributed by atoms with van der Waals surface area (Å²) in [6.07, 6.45) is 3.33. The molecule has 150 valence electrons. The molecule has 6 nitrogen and oxygen atoms in total. The van der Waals surface area contributed by atoms with Crippen molar-refractivity contribution in [3.8, 4) is 0 Å². The molecule has 1 saturated heterocycles. The van der Waals surface area contributed by atoms with Crippen molar-refractivity contribution in [2.24, 2.45) is 5.41 Å². The molecule has 1 fully saturated rings. The number of thiazole rings is 1. The molecular formula is C21H27N3O3S. The molecule has 0 aliphatic carbocycles. The van der Waals surface area contributed by atoms with Crippen LogP contribution in [0.4, 0.5) is 5.13 Å². The molecule has 7 heteroatoms. The number of aryl methyl sites for hydroxylation is 1. The Labute approximate surface area is 169 Å². The summed E-state index contributed by atoms with van der Waals surface area (Å²) in [6.45, 7) is 8.85. The average Bonchev–Trinajstić information content (AvgIpc) is 3.11. The Kier molecular flexibility index (Phi) is 6.15. The quantitative estimate of drug-likeness (QED) is 0.762. The normalized spacial score (nSPS) is 16.0. The second-order valence-corrected chi connectivity index (χ2v) is 9.18. The number of piperidine rings is 1. The molecule has 3 rings (SSSR count). The van der Waals surface area contributed by atoms with Crippen molar-refractivity contribution in [3.05, 3.63) is 46.5 Å². The SMILES string of the molecule is Cc1ccccc1C(=O)c1cnc(NC2CCN(OC(=O)C(C)(C)C)CC2)s1. The molecule has 1 aromatic carbocycles. The molecule has 2 aromatic rings. The van der Waals surface area contributed by atoms with Gasteiger partial charge in [0.1, 0.15) is 0 Å². The summed E-state index contributed by atoms with van der Waals surface area (Å²) in [5.74, 6) is -0.203. The molecule has 0 atom stereocenters. The minimum atomic E-state index is -0.504. The van der Waals surface area contributed by atoms with Crippen LogP contribution in [0.1, 0.15) is 54.4 Å². The standard InChI is InChI=1S/C21H27N3O3S/c1-14-7-5-6-8-16(14)18(25)17-13-22-20(28-17)23-15-9-11-24(12-10-15)27-19(26)21(2,3)4/h5-8,13,15H,9-12H2,1-4H3,(H,22,23). The number of nitrogens with zero attached hydrogens (tertiary/aromatic N) is 2. The van der Waals surface area contributed by atoms with Crippen LogP contribution in [0.25, 0.3) is 0 Å². The number of aromatic nitrogens is 1. The van der Waals surface area contributed by atoms with Crippen LogP contribution < -0.4 is 5.32 Å². The fourth-order valence-corrected chi connectivity index (χ4v) is 3.77. The highest BCUT2D eigenvalue weighted by Crippen LogP contribution is 2.25. The Hall–Kier alpha value is -2.25. The number of anilines is 1. The second kappa shape index (κ2) is 8.41. The highest BCUT2D eigenvalue weighted by atomic mass is 32.1. The van der Waals surface area contributed by atoms with Crippen molar-refractivity contribution < 1.29 is 14.4 Å². The lowest BCUT2D eigenvalue weighted by atomic mass is 9.98. The van der Waals surface area contributed by atoms with Gasteiger partial charge in [0.15, 0.2) is 5.13 Å². The van der Waals surface area contributed by atoms with Crippen LogP contribution in [0.5, 0.6) is 0 Å². The van der Waals surface area contributed by atoms with Crippen LogP contribution in [0.2, 0.25) is 0 Å². The molecule has 1 aliphatic heterocycles. The van der Waals surface area contributed by atoms with Crippen molar-refractivity contribution in [3.63, 3.8) is 0 Å². The molecule has 1 aliphatic rings. The number of hydrogen-bond donors (Lipinski definition) is 1. The van der Waals surface area contributed by atoms with E-state index in [0.29, 0.717) is 23.5 Å². The fraction of sp³-hybridized carbons (Fsp3) is 0.476. The van der Waals surface area contributed by atoms with Gasteiger partial charge in [-0.1, -0.05) is 35.6 Å². The smallest absolute Gasteiger partial charge is 0.330 e. The van der Waals surface area contributed by atoms with E-state index in [1.165, 1.54) is 11.3 Å². The Balaban J connectivity index is 1.53. The number of carbonyl (C=O) groups is 2. The van der Waals surface area contributed by atoms with Crippen LogP contribution >= 0.6 is 11.3 Å². The van der Waals surface area contributed by atoms with Gasteiger partial charge in [0, 0.05) is 24.7 Å². The highest BCUT2D eigenvalue weighted by molar-refractivity contribution is 7.17. The molecule has 2 heterocycles. The lowest BCUT2D eigenvalue weighted by Crippen LogP contribution is -2.42. The monoisotopic (exact) mass is 401 g/mol. The zero-order valence-corrected chi connectivity index (χ0v) is 17.6. The minimum absolute atomic E-state index is 0.00700. The van der Waals surface area contributed by atoms with Gasteiger partial charge in [-0.25, -0.2) is 9.78 Å². The van der Waals surface area contributed by atoms with Crippen molar-refractivity contribution in [1.82, 2.24) is 10.0 Å². The maximum absolute atomic E-state index is 12.7. The Morgan fingerprint density at radius 2 is 1.89 bits per heavy atom. The lowest BCUT2D eigenvalue weighted by Gasteiger charge is -2.32. The number of ketones is 1. The Morgan fingerprint density at radius 1 is 1.21 bits per heavy atom. The molecule has 0 spiro atoms. The molecule has 0 amide bonds. The second-order valence-electron chi connectivity index (χ2n) is 8.15. The summed E-state index contributed by atoms with van der Waals surface area (Å²) >= 11 is 1.38. The van der Waals surface area contributed by atoms with Gasteiger partial charge >= 0.3 is 5.97 Å². The number of rotatable bonds is 5. The molecular weight excluding hydrogens is 374 g/mol. The average molecular weight is 402 g/mol. The third-order valence-corrected chi connectivity index (χ3v) is 5.65. The molecule has 0 saturated carbocycles. The highest BCUT2D eigenvalue weighted by Gasteiger charge is 2.28. The van der Waals surface area contributed by atoms with Crippen LogP contribution in [-0.2, 0) is 9.63 Å². The number of benzene rings is 1. The van der Waals surface area contributed by atoms with Gasteiger partial charge < -0.3 is 10.2 Å². The first-order chi connectivity index (χ1) is 13.2. The van der Waals surface area contributed by atoms with E-state index in [4.69, 9.17) is 4.84 Å². The van der Waals surface area contributed by atoms with Crippen molar-refractivity contribution in [2.45, 2.75) is 46.6 Å². The molecule has 28 heavy (non-hydrogen) atoms. The van der Waals surface area contributed by atoms with Gasteiger partial charge in [0.25, 0.3) is 0 Å². The van der Waals surface area contributed by atoms with Gasteiger partial charge in [-0.2, -0.15) is 0 Å². The van der Waals surface area contributed by atoms with E-state index in [2.05, 4.69) is 10.3 Å². The topological polar surface area (TPSA) is 71.5 Å². The Morgan fingerprint density at radius 3 is 2.54 bits per heavy atom. The third-order valence-electron chi connectivity index (χ3n) is 4.73. The first-order valence-electron chi connectivity index (χ1n) is 9.54. The van der Waals surface area contributed by atoms with E-state index in [-0.39, 0.29) is 17.8 Å². The van der Waals surface area contributed by atoms with Crippen LogP contribution in [-0.4, -0.2) is 40.9 Å². The van der Waals surface area contributed by atoms with Gasteiger partial charge in [0.2, 0.25) is 5.78 Å². The predicted octanol–water partition coefficient (Wildman–Crippen LogP) is 4.06. The summed E-state index contributed by atoms with van der Waals surface area (Å²) in [5.41, 5.74) is 1.18. The van der Waals surface area contributed by atoms with E-state index < -0.39 is 5.41 Å². The predicted molar refractivity (Wildman–Crippen MR) is 110 cm³/mol. The van der Waals surface area contributed by atoms with Crippen LogP contribution in [0.3, 0.4) is 0 Å². The third kappa shape index (κ3) is 4.97. The van der Waals surface area contributed by atoms with E-state index >= 15 is 0 Å². The van der Waals surface area contributed by atoms with Crippen molar-refractivity contribution >= 4 is 28.2 Å². The zero-order valence-electron chi connectivity index (χ0n) is 16.8. The lowest BCUT2D eigenvalue weighted by molar-refractivity contribution is -0.204. The summed E-state index contributed by atoms with van der Waals surface area (Å²) < 4.78 is 0. The summed E-state index contributed by atoms with van der Waals surface area (Å²) in [6, 6.07) is 7.84. The minimum Gasteiger partial charge on any atom is -0.367 e. The summed E-state index contributed by atoms with van der Waals surface area (Å²) in [5, 5.41) is 5.90. The maximum Gasteiger partial charge on any atom is 0.330 e. The molecule has 1 N–H and O–H groups in total. The van der Waals surface area contributed by atoms with E-state index in [9.17, 15) is 9.59 Å². The number of carbonyl (C=O) groups excluding carboxylic acids is 2. The Bertz CT molecular complexity index is 849. The van der Waals surface area contributed by atoms with Gasteiger partial charge in [-0.05, 0) is 46.1 Å². The van der Waals surface area contributed by atoms with Crippen molar-refractivity contribution in [1.29, 1.82) is 0 Å². The van der Waals surface area contributed by atoms with E-state index in [1.807, 2.05) is 52.0 Å².